The highest BCUT2D eigenvalue weighted by Gasteiger charge is 2.41. The van der Waals surface area contributed by atoms with Crippen molar-refractivity contribution in [1.82, 2.24) is 18.5 Å². The van der Waals surface area contributed by atoms with Gasteiger partial charge in [-0.15, -0.1) is 0 Å². The van der Waals surface area contributed by atoms with Crippen LogP contribution < -0.4 is 0 Å². The summed E-state index contributed by atoms with van der Waals surface area (Å²) in [4.78, 5) is 18.1. The molecule has 24 heavy (non-hydrogen) atoms. The quantitative estimate of drug-likeness (QED) is 0.793. The third kappa shape index (κ3) is 3.15. The van der Waals surface area contributed by atoms with Gasteiger partial charge in [0.05, 0.1) is 11.8 Å². The molecule has 3 aliphatic heterocycles. The number of nitrogens with zero attached hydrogens (tertiary/aromatic N) is 4. The summed E-state index contributed by atoms with van der Waals surface area (Å²) in [6.45, 7) is 1.16. The van der Waals surface area contributed by atoms with Crippen LogP contribution >= 0.6 is 0 Å². The predicted octanol–water partition coefficient (Wildman–Crippen LogP) is 0.564. The third-order valence-corrected chi connectivity index (χ3v) is 6.55. The zero-order valence-electron chi connectivity index (χ0n) is 13.7. The molecule has 0 saturated carbocycles. The molecule has 2 atom stereocenters. The van der Waals surface area contributed by atoms with Gasteiger partial charge in [-0.25, -0.2) is 4.39 Å². The van der Waals surface area contributed by atoms with E-state index in [2.05, 4.69) is 4.98 Å². The van der Waals surface area contributed by atoms with Crippen molar-refractivity contribution < 1.29 is 17.6 Å². The van der Waals surface area contributed by atoms with E-state index in [9.17, 15) is 17.6 Å². The maximum absolute atomic E-state index is 13.3. The Morgan fingerprint density at radius 2 is 2.00 bits per heavy atom. The Hall–Kier alpha value is -1.58. The van der Waals surface area contributed by atoms with E-state index >= 15 is 0 Å². The van der Waals surface area contributed by atoms with E-state index in [4.69, 9.17) is 0 Å². The number of amides is 1. The van der Waals surface area contributed by atoms with Gasteiger partial charge in [-0.05, 0) is 24.8 Å². The molecule has 3 fully saturated rings. The highest BCUT2D eigenvalue weighted by molar-refractivity contribution is 7.86. The average Bonchev–Trinajstić information content (AvgIpc) is 2.86. The Bertz CT molecular complexity index is 740. The van der Waals surface area contributed by atoms with Crippen molar-refractivity contribution >= 4 is 16.1 Å². The highest BCUT2D eigenvalue weighted by atomic mass is 32.2. The van der Waals surface area contributed by atoms with E-state index in [1.54, 1.807) is 4.90 Å². The maximum atomic E-state index is 13.3. The summed E-state index contributed by atoms with van der Waals surface area (Å²) in [5, 5.41) is 0. The van der Waals surface area contributed by atoms with Gasteiger partial charge in [0.2, 0.25) is 0 Å². The number of rotatable bonds is 3. The summed E-state index contributed by atoms with van der Waals surface area (Å²) in [7, 11) is -0.506. The number of carbonyl (C=O) groups is 1. The number of fused-ring (bicyclic) bond motifs is 4. The van der Waals surface area contributed by atoms with Gasteiger partial charge in [-0.1, -0.05) is 0 Å². The van der Waals surface area contributed by atoms with Crippen LogP contribution in [-0.2, 0) is 10.2 Å². The number of piperidine rings is 1. The monoisotopic (exact) mass is 356 g/mol. The maximum Gasteiger partial charge on any atom is 0.281 e. The molecular formula is C15H21FN4O3S. The fourth-order valence-electron chi connectivity index (χ4n) is 3.40. The molecule has 2 bridgehead atoms. The number of halogens is 1. The van der Waals surface area contributed by atoms with E-state index in [0.29, 0.717) is 13.1 Å². The van der Waals surface area contributed by atoms with Crippen molar-refractivity contribution in [2.45, 2.75) is 18.9 Å². The Kier molecular flexibility index (Phi) is 4.58. The van der Waals surface area contributed by atoms with Crippen LogP contribution in [0.5, 0.6) is 0 Å². The summed E-state index contributed by atoms with van der Waals surface area (Å²) >= 11 is 0. The Morgan fingerprint density at radius 1 is 1.25 bits per heavy atom. The Balaban J connectivity index is 1.85. The second kappa shape index (κ2) is 6.38. The molecule has 4 heterocycles. The normalized spacial score (nSPS) is 25.1. The van der Waals surface area contributed by atoms with Crippen LogP contribution in [0.1, 0.15) is 23.2 Å². The highest BCUT2D eigenvalue weighted by Crippen LogP contribution is 2.30. The number of pyridine rings is 1. The fraction of sp³-hybridized carbons (Fsp3) is 0.600. The van der Waals surface area contributed by atoms with Crippen LogP contribution in [0, 0.1) is 11.7 Å². The van der Waals surface area contributed by atoms with Crippen molar-refractivity contribution in [2.75, 3.05) is 33.7 Å². The number of aromatic nitrogens is 1. The van der Waals surface area contributed by atoms with Crippen LogP contribution in [0.15, 0.2) is 18.5 Å². The zero-order chi connectivity index (χ0) is 17.5. The van der Waals surface area contributed by atoms with E-state index in [0.717, 1.165) is 19.0 Å². The fourth-order valence-corrected chi connectivity index (χ4v) is 4.62. The second-order valence-electron chi connectivity index (χ2n) is 6.55. The minimum absolute atomic E-state index is 0.0870. The second-order valence-corrected chi connectivity index (χ2v) is 8.70. The Labute approximate surface area is 141 Å². The van der Waals surface area contributed by atoms with Crippen molar-refractivity contribution in [3.05, 3.63) is 29.8 Å². The lowest BCUT2D eigenvalue weighted by atomic mass is 9.94. The van der Waals surface area contributed by atoms with E-state index < -0.39 is 16.0 Å². The first-order chi connectivity index (χ1) is 11.3. The van der Waals surface area contributed by atoms with E-state index in [-0.39, 0.29) is 30.0 Å². The van der Waals surface area contributed by atoms with Crippen LogP contribution in [0.4, 0.5) is 4.39 Å². The summed E-state index contributed by atoms with van der Waals surface area (Å²) < 4.78 is 40.9. The van der Waals surface area contributed by atoms with Gasteiger partial charge in [-0.3, -0.25) is 9.78 Å². The molecule has 4 rings (SSSR count). The SMILES string of the molecule is CN(C)S(=O)(=O)N1C[C@H]2CC[C@@H](C1)N(C(=O)c1cncc(F)c1)C2. The van der Waals surface area contributed by atoms with Gasteiger partial charge in [0.1, 0.15) is 5.82 Å². The van der Waals surface area contributed by atoms with Crippen LogP contribution in [0.3, 0.4) is 0 Å². The molecule has 0 spiro atoms. The van der Waals surface area contributed by atoms with E-state index in [1.165, 1.54) is 35.0 Å². The lowest BCUT2D eigenvalue weighted by Gasteiger charge is -2.36. The summed E-state index contributed by atoms with van der Waals surface area (Å²) in [5.74, 6) is -0.762. The van der Waals surface area contributed by atoms with Crippen LogP contribution in [0.2, 0.25) is 0 Å². The van der Waals surface area contributed by atoms with Crippen molar-refractivity contribution in [2.24, 2.45) is 5.92 Å². The molecule has 1 aromatic heterocycles. The lowest BCUT2D eigenvalue weighted by molar-refractivity contribution is 0.0587. The molecule has 9 heteroatoms. The molecule has 3 saturated heterocycles. The molecule has 1 amide bonds. The molecular weight excluding hydrogens is 335 g/mol. The molecule has 1 aromatic rings. The van der Waals surface area contributed by atoms with Crippen molar-refractivity contribution in [1.29, 1.82) is 0 Å². The van der Waals surface area contributed by atoms with Gasteiger partial charge in [-0.2, -0.15) is 17.0 Å². The van der Waals surface area contributed by atoms with Crippen LogP contribution in [-0.4, -0.2) is 72.6 Å². The third-order valence-electron chi connectivity index (χ3n) is 4.68. The Morgan fingerprint density at radius 3 is 2.67 bits per heavy atom. The molecule has 0 N–H and O–H groups in total. The molecule has 7 nitrogen and oxygen atoms in total. The lowest BCUT2D eigenvalue weighted by Crippen LogP contribution is -2.48. The van der Waals surface area contributed by atoms with Gasteiger partial charge in [0.15, 0.2) is 0 Å². The van der Waals surface area contributed by atoms with Gasteiger partial charge < -0.3 is 4.90 Å². The molecule has 3 aliphatic rings. The van der Waals surface area contributed by atoms with E-state index in [1.807, 2.05) is 0 Å². The van der Waals surface area contributed by atoms with Gasteiger partial charge >= 0.3 is 0 Å². The summed E-state index contributed by atoms with van der Waals surface area (Å²) in [6.07, 6.45) is 4.03. The molecule has 0 aromatic carbocycles. The molecule has 0 aliphatic carbocycles. The molecule has 0 unspecified atom stereocenters. The smallest absolute Gasteiger partial charge is 0.281 e. The van der Waals surface area contributed by atoms with Crippen LogP contribution in [0.25, 0.3) is 0 Å². The van der Waals surface area contributed by atoms with Crippen molar-refractivity contribution in [3.63, 3.8) is 0 Å². The zero-order valence-corrected chi connectivity index (χ0v) is 14.5. The number of hydrogen-bond acceptors (Lipinski definition) is 4. The van der Waals surface area contributed by atoms with Gasteiger partial charge in [0.25, 0.3) is 16.1 Å². The van der Waals surface area contributed by atoms with Gasteiger partial charge in [0, 0.05) is 46.0 Å². The first-order valence-electron chi connectivity index (χ1n) is 7.88. The first kappa shape index (κ1) is 17.2. The molecule has 0 radical (unpaired) electrons. The number of carbonyl (C=O) groups excluding carboxylic acids is 1. The minimum Gasteiger partial charge on any atom is -0.334 e. The summed E-state index contributed by atoms with van der Waals surface area (Å²) in [5.41, 5.74) is 0.199. The predicted molar refractivity (Wildman–Crippen MR) is 85.9 cm³/mol. The molecule has 132 valence electrons. The number of hydrogen-bond donors (Lipinski definition) is 0. The standard InChI is InChI=1S/C15H21FN4O3S/c1-18(2)24(22,23)19-8-11-3-4-14(10-19)20(9-11)15(21)12-5-13(16)7-17-6-12/h5-7,11,14H,3-4,8-10H2,1-2H3/t11-,14+/m1/s1. The first-order valence-corrected chi connectivity index (χ1v) is 9.28. The largest absolute Gasteiger partial charge is 0.334 e. The minimum atomic E-state index is -3.51. The average molecular weight is 356 g/mol. The summed E-state index contributed by atoms with van der Waals surface area (Å²) in [6, 6.07) is 0.969. The van der Waals surface area contributed by atoms with Crippen molar-refractivity contribution in [3.8, 4) is 0 Å². The topological polar surface area (TPSA) is 73.8 Å².